The molecule has 0 aromatic heterocycles. The third kappa shape index (κ3) is 4.98. The minimum Gasteiger partial charge on any atom is -0.495 e. The van der Waals surface area contributed by atoms with Crippen LogP contribution in [-0.4, -0.2) is 48.5 Å². The fourth-order valence-electron chi connectivity index (χ4n) is 2.34. The van der Waals surface area contributed by atoms with Crippen molar-refractivity contribution in [2.75, 3.05) is 38.3 Å². The van der Waals surface area contributed by atoms with Crippen LogP contribution in [0.4, 0.5) is 22.7 Å². The van der Waals surface area contributed by atoms with Crippen molar-refractivity contribution in [3.8, 4) is 5.75 Å². The van der Waals surface area contributed by atoms with Gasteiger partial charge in [-0.25, -0.2) is 0 Å². The number of hydrogen-bond acceptors (Lipinski definition) is 8. The Hall–Kier alpha value is -3.04. The number of hydrogen-bond donors (Lipinski definition) is 2. The largest absolute Gasteiger partial charge is 0.495 e. The van der Waals surface area contributed by atoms with E-state index in [1.807, 2.05) is 0 Å². The third-order valence-electron chi connectivity index (χ3n) is 3.59. The molecule has 0 fully saturated rings. The van der Waals surface area contributed by atoms with Crippen molar-refractivity contribution < 1.29 is 19.9 Å². The third-order valence-corrected chi connectivity index (χ3v) is 3.59. The molecule has 138 valence electrons. The molecule has 0 amide bonds. The average molecular weight is 360 g/mol. The lowest BCUT2D eigenvalue weighted by molar-refractivity contribution is -0.384. The Bertz CT molecular complexity index is 758. The van der Waals surface area contributed by atoms with Gasteiger partial charge in [-0.2, -0.15) is 10.2 Å². The number of aliphatic hydroxyl groups excluding tert-OH is 2. The molecule has 2 N–H and O–H groups in total. The molecule has 9 heteroatoms. The van der Waals surface area contributed by atoms with Crippen LogP contribution in [0.1, 0.15) is 0 Å². The molecule has 0 bridgehead atoms. The molecule has 0 aliphatic rings. The summed E-state index contributed by atoms with van der Waals surface area (Å²) in [6.45, 7) is 0.622. The zero-order valence-electron chi connectivity index (χ0n) is 14.3. The summed E-state index contributed by atoms with van der Waals surface area (Å²) in [6, 6.07) is 10.9. The van der Waals surface area contributed by atoms with Crippen LogP contribution in [0.3, 0.4) is 0 Å². The van der Waals surface area contributed by atoms with Crippen molar-refractivity contribution in [3.05, 3.63) is 52.6 Å². The summed E-state index contributed by atoms with van der Waals surface area (Å²) in [4.78, 5) is 12.0. The maximum absolute atomic E-state index is 10.6. The van der Waals surface area contributed by atoms with Gasteiger partial charge in [0, 0.05) is 31.3 Å². The normalized spacial score (nSPS) is 10.9. The number of benzene rings is 2. The van der Waals surface area contributed by atoms with Crippen molar-refractivity contribution in [3.63, 3.8) is 0 Å². The summed E-state index contributed by atoms with van der Waals surface area (Å²) in [5, 5.41) is 37.1. The van der Waals surface area contributed by atoms with E-state index in [0.717, 1.165) is 5.69 Å². The lowest BCUT2D eigenvalue weighted by Gasteiger charge is -2.24. The SMILES string of the molecule is COc1cc(N=Nc2ccc([N+](=O)[O-])cc2)ccc1N(CCO)CCO. The van der Waals surface area contributed by atoms with Crippen LogP contribution in [0.5, 0.6) is 5.75 Å². The van der Waals surface area contributed by atoms with Crippen LogP contribution in [0.15, 0.2) is 52.7 Å². The topological polar surface area (TPSA) is 121 Å². The summed E-state index contributed by atoms with van der Waals surface area (Å²) in [5.74, 6) is 0.534. The molecule has 0 aliphatic heterocycles. The summed E-state index contributed by atoms with van der Waals surface area (Å²) >= 11 is 0. The predicted octanol–water partition coefficient (Wildman–Crippen LogP) is 2.81. The number of nitrogens with zero attached hydrogens (tertiary/aromatic N) is 4. The van der Waals surface area contributed by atoms with Crippen LogP contribution >= 0.6 is 0 Å². The summed E-state index contributed by atoms with van der Waals surface area (Å²) in [7, 11) is 1.52. The monoisotopic (exact) mass is 360 g/mol. The molecule has 9 nitrogen and oxygen atoms in total. The van der Waals surface area contributed by atoms with Crippen molar-refractivity contribution in [2.24, 2.45) is 10.2 Å². The van der Waals surface area contributed by atoms with E-state index in [-0.39, 0.29) is 18.9 Å². The Morgan fingerprint density at radius 1 is 1.04 bits per heavy atom. The van der Waals surface area contributed by atoms with Crippen molar-refractivity contribution in [1.29, 1.82) is 0 Å². The maximum atomic E-state index is 10.6. The lowest BCUT2D eigenvalue weighted by atomic mass is 10.2. The molecule has 0 aliphatic carbocycles. The molecule has 2 aromatic carbocycles. The minimum atomic E-state index is -0.477. The second-order valence-corrected chi connectivity index (χ2v) is 5.26. The van der Waals surface area contributed by atoms with E-state index in [2.05, 4.69) is 10.2 Å². The van der Waals surface area contributed by atoms with E-state index in [4.69, 9.17) is 14.9 Å². The average Bonchev–Trinajstić information content (AvgIpc) is 2.66. The lowest BCUT2D eigenvalue weighted by Crippen LogP contribution is -2.29. The van der Waals surface area contributed by atoms with Gasteiger partial charge >= 0.3 is 0 Å². The zero-order valence-corrected chi connectivity index (χ0v) is 14.3. The van der Waals surface area contributed by atoms with Gasteiger partial charge in [-0.3, -0.25) is 10.1 Å². The van der Waals surface area contributed by atoms with Crippen LogP contribution < -0.4 is 9.64 Å². The molecule has 0 heterocycles. The first-order valence-electron chi connectivity index (χ1n) is 7.90. The second-order valence-electron chi connectivity index (χ2n) is 5.26. The Labute approximate surface area is 150 Å². The number of nitro groups is 1. The Kier molecular flexibility index (Phi) is 7.01. The highest BCUT2D eigenvalue weighted by Crippen LogP contribution is 2.33. The van der Waals surface area contributed by atoms with Crippen LogP contribution in [-0.2, 0) is 0 Å². The van der Waals surface area contributed by atoms with E-state index in [0.29, 0.717) is 30.2 Å². The number of anilines is 1. The first kappa shape index (κ1) is 19.3. The number of non-ortho nitro benzene ring substituents is 1. The first-order valence-corrected chi connectivity index (χ1v) is 7.90. The van der Waals surface area contributed by atoms with Crippen LogP contribution in [0, 0.1) is 10.1 Å². The number of aliphatic hydroxyl groups is 2. The number of nitro benzene ring substituents is 1. The van der Waals surface area contributed by atoms with E-state index < -0.39 is 4.92 Å². The summed E-state index contributed by atoms with van der Waals surface area (Å²) in [5.41, 5.74) is 1.74. The van der Waals surface area contributed by atoms with Gasteiger partial charge in [0.15, 0.2) is 0 Å². The molecular formula is C17H20N4O5. The van der Waals surface area contributed by atoms with Crippen molar-refractivity contribution in [1.82, 2.24) is 0 Å². The Morgan fingerprint density at radius 3 is 2.15 bits per heavy atom. The van der Waals surface area contributed by atoms with Gasteiger partial charge in [0.05, 0.1) is 42.3 Å². The zero-order chi connectivity index (χ0) is 18.9. The van der Waals surface area contributed by atoms with Gasteiger partial charge in [-0.05, 0) is 24.3 Å². The van der Waals surface area contributed by atoms with Crippen molar-refractivity contribution >= 4 is 22.7 Å². The van der Waals surface area contributed by atoms with Gasteiger partial charge in [0.1, 0.15) is 5.75 Å². The fraction of sp³-hybridized carbons (Fsp3) is 0.294. The fourth-order valence-corrected chi connectivity index (χ4v) is 2.34. The van der Waals surface area contributed by atoms with Gasteiger partial charge < -0.3 is 19.8 Å². The molecule has 26 heavy (non-hydrogen) atoms. The van der Waals surface area contributed by atoms with E-state index in [1.165, 1.54) is 31.4 Å². The number of rotatable bonds is 9. The molecular weight excluding hydrogens is 340 g/mol. The van der Waals surface area contributed by atoms with Crippen LogP contribution in [0.2, 0.25) is 0 Å². The predicted molar refractivity (Wildman–Crippen MR) is 96.7 cm³/mol. The maximum Gasteiger partial charge on any atom is 0.269 e. The number of azo groups is 1. The van der Waals surface area contributed by atoms with Gasteiger partial charge in [-0.1, -0.05) is 0 Å². The molecule has 0 saturated heterocycles. The molecule has 0 unspecified atom stereocenters. The quantitative estimate of drug-likeness (QED) is 0.403. The summed E-state index contributed by atoms with van der Waals surface area (Å²) < 4.78 is 5.37. The standard InChI is InChI=1S/C17H20N4O5/c1-26-17-12-14(4-7-16(17)20(8-10-22)9-11-23)19-18-13-2-5-15(6-3-13)21(24)25/h2-7,12,22-23H,8-11H2,1H3. The highest BCUT2D eigenvalue weighted by molar-refractivity contribution is 5.64. The number of methoxy groups -OCH3 is 1. The van der Waals surface area contributed by atoms with Gasteiger partial charge in [0.2, 0.25) is 0 Å². The Morgan fingerprint density at radius 2 is 1.62 bits per heavy atom. The van der Waals surface area contributed by atoms with Crippen LogP contribution in [0.25, 0.3) is 0 Å². The number of ether oxygens (including phenoxy) is 1. The molecule has 2 rings (SSSR count). The first-order chi connectivity index (χ1) is 12.6. The molecule has 0 spiro atoms. The minimum absolute atomic E-state index is 0.0113. The van der Waals surface area contributed by atoms with Gasteiger partial charge in [-0.15, -0.1) is 0 Å². The van der Waals surface area contributed by atoms with Gasteiger partial charge in [0.25, 0.3) is 5.69 Å². The van der Waals surface area contributed by atoms with E-state index >= 15 is 0 Å². The van der Waals surface area contributed by atoms with E-state index in [1.54, 1.807) is 23.1 Å². The Balaban J connectivity index is 2.21. The smallest absolute Gasteiger partial charge is 0.269 e. The highest BCUT2D eigenvalue weighted by Gasteiger charge is 2.12. The second kappa shape index (κ2) is 9.44. The summed E-state index contributed by atoms with van der Waals surface area (Å²) in [6.07, 6.45) is 0. The van der Waals surface area contributed by atoms with E-state index in [9.17, 15) is 10.1 Å². The molecule has 0 atom stereocenters. The highest BCUT2D eigenvalue weighted by atomic mass is 16.6. The molecule has 0 saturated carbocycles. The van der Waals surface area contributed by atoms with Crippen molar-refractivity contribution in [2.45, 2.75) is 0 Å². The molecule has 2 aromatic rings. The molecule has 0 radical (unpaired) electrons.